The standard InChI is InChI=1S/C21H28FN3S2/c1-17-7-4-11-24(15-17)12-6-13-25(16-18-8-5-14-27-18)21(26)23-20-10-3-2-9-19(20)22/h2-3,5,8-10,14,17H,4,6-7,11-13,15-16H2,1H3,(H,23,26). The first-order chi connectivity index (χ1) is 13.1. The number of likely N-dealkylation sites (tertiary alicyclic amines) is 1. The Morgan fingerprint density at radius 2 is 2.19 bits per heavy atom. The van der Waals surface area contributed by atoms with Crippen LogP contribution in [0.2, 0.25) is 0 Å². The molecule has 1 atom stereocenters. The molecule has 0 amide bonds. The van der Waals surface area contributed by atoms with Gasteiger partial charge in [0.1, 0.15) is 5.82 Å². The smallest absolute Gasteiger partial charge is 0.173 e. The molecule has 0 bridgehead atoms. The van der Waals surface area contributed by atoms with Crippen LogP contribution in [0.25, 0.3) is 0 Å². The van der Waals surface area contributed by atoms with Crippen LogP contribution in [0.3, 0.4) is 0 Å². The lowest BCUT2D eigenvalue weighted by atomic mass is 10.0. The Morgan fingerprint density at radius 3 is 2.93 bits per heavy atom. The van der Waals surface area contributed by atoms with Crippen LogP contribution >= 0.6 is 23.6 Å². The van der Waals surface area contributed by atoms with Crippen LogP contribution in [0.5, 0.6) is 0 Å². The highest BCUT2D eigenvalue weighted by Crippen LogP contribution is 2.18. The molecule has 0 saturated carbocycles. The highest BCUT2D eigenvalue weighted by molar-refractivity contribution is 7.80. The predicted octanol–water partition coefficient (Wildman–Crippen LogP) is 5.21. The van der Waals surface area contributed by atoms with Gasteiger partial charge in [-0.25, -0.2) is 4.39 Å². The molecule has 3 rings (SSSR count). The number of nitrogens with zero attached hydrogens (tertiary/aromatic N) is 2. The Balaban J connectivity index is 1.58. The Kier molecular flexibility index (Phi) is 7.61. The van der Waals surface area contributed by atoms with Crippen LogP contribution in [-0.4, -0.2) is 41.1 Å². The Bertz CT molecular complexity index is 720. The zero-order valence-corrected chi connectivity index (χ0v) is 17.5. The number of nitrogens with one attached hydrogen (secondary N) is 1. The van der Waals surface area contributed by atoms with Gasteiger partial charge in [0.2, 0.25) is 0 Å². The quantitative estimate of drug-likeness (QED) is 0.637. The molecule has 1 N–H and O–H groups in total. The average Bonchev–Trinajstić information content (AvgIpc) is 3.16. The molecule has 1 aromatic heterocycles. The molecule has 1 aliphatic rings. The van der Waals surface area contributed by atoms with Crippen LogP contribution in [-0.2, 0) is 6.54 Å². The van der Waals surface area contributed by atoms with Crippen molar-refractivity contribution < 1.29 is 4.39 Å². The van der Waals surface area contributed by atoms with E-state index in [4.69, 9.17) is 12.2 Å². The van der Waals surface area contributed by atoms with Crippen molar-refractivity contribution in [3.63, 3.8) is 0 Å². The van der Waals surface area contributed by atoms with Crippen LogP contribution in [0.15, 0.2) is 41.8 Å². The highest BCUT2D eigenvalue weighted by Gasteiger charge is 2.17. The first-order valence-corrected chi connectivity index (χ1v) is 11.0. The van der Waals surface area contributed by atoms with Gasteiger partial charge in [-0.15, -0.1) is 11.3 Å². The molecule has 0 spiro atoms. The van der Waals surface area contributed by atoms with Crippen LogP contribution in [0.4, 0.5) is 10.1 Å². The Labute approximate surface area is 171 Å². The van der Waals surface area contributed by atoms with E-state index in [1.165, 1.54) is 36.9 Å². The van der Waals surface area contributed by atoms with E-state index in [0.29, 0.717) is 10.8 Å². The van der Waals surface area contributed by atoms with Gasteiger partial charge in [0.25, 0.3) is 0 Å². The largest absolute Gasteiger partial charge is 0.344 e. The summed E-state index contributed by atoms with van der Waals surface area (Å²) in [7, 11) is 0. The molecular formula is C21H28FN3S2. The number of benzene rings is 1. The van der Waals surface area contributed by atoms with E-state index in [-0.39, 0.29) is 5.82 Å². The molecule has 27 heavy (non-hydrogen) atoms. The number of para-hydroxylation sites is 1. The molecule has 1 aromatic carbocycles. The minimum atomic E-state index is -0.279. The number of anilines is 1. The first-order valence-electron chi connectivity index (χ1n) is 9.67. The minimum Gasteiger partial charge on any atom is -0.344 e. The van der Waals surface area contributed by atoms with Gasteiger partial charge in [0.05, 0.1) is 12.2 Å². The summed E-state index contributed by atoms with van der Waals surface area (Å²) in [4.78, 5) is 5.98. The molecule has 0 radical (unpaired) electrons. The lowest BCUT2D eigenvalue weighted by Gasteiger charge is -2.32. The molecule has 1 saturated heterocycles. The third-order valence-electron chi connectivity index (χ3n) is 4.97. The molecule has 0 aliphatic carbocycles. The summed E-state index contributed by atoms with van der Waals surface area (Å²) >= 11 is 7.34. The van der Waals surface area contributed by atoms with Gasteiger partial charge in [0.15, 0.2) is 5.11 Å². The summed E-state index contributed by atoms with van der Waals surface area (Å²) in [5.41, 5.74) is 0.434. The number of rotatable bonds is 7. The molecule has 1 unspecified atom stereocenters. The molecule has 3 nitrogen and oxygen atoms in total. The van der Waals surface area contributed by atoms with Gasteiger partial charge >= 0.3 is 0 Å². The van der Waals surface area contributed by atoms with Crippen molar-refractivity contribution in [2.45, 2.75) is 32.7 Å². The van der Waals surface area contributed by atoms with Crippen molar-refractivity contribution in [1.29, 1.82) is 0 Å². The van der Waals surface area contributed by atoms with Gasteiger partial charge in [-0.05, 0) is 74.1 Å². The van der Waals surface area contributed by atoms with E-state index in [1.54, 1.807) is 23.5 Å². The Morgan fingerprint density at radius 1 is 1.33 bits per heavy atom. The molecule has 1 fully saturated rings. The zero-order valence-electron chi connectivity index (χ0n) is 15.9. The summed E-state index contributed by atoms with van der Waals surface area (Å²) in [6.07, 6.45) is 3.70. The number of hydrogen-bond acceptors (Lipinski definition) is 3. The first kappa shape index (κ1) is 20.2. The Hall–Kier alpha value is -1.50. The lowest BCUT2D eigenvalue weighted by Crippen LogP contribution is -2.39. The summed E-state index contributed by atoms with van der Waals surface area (Å²) < 4.78 is 14.0. The van der Waals surface area contributed by atoms with Crippen LogP contribution in [0, 0.1) is 11.7 Å². The van der Waals surface area contributed by atoms with Crippen molar-refractivity contribution >= 4 is 34.4 Å². The van der Waals surface area contributed by atoms with Crippen molar-refractivity contribution in [2.75, 3.05) is 31.5 Å². The normalized spacial score (nSPS) is 17.6. The highest BCUT2D eigenvalue weighted by atomic mass is 32.1. The number of hydrogen-bond donors (Lipinski definition) is 1. The van der Waals surface area contributed by atoms with Crippen molar-refractivity contribution in [1.82, 2.24) is 9.80 Å². The fourth-order valence-corrected chi connectivity index (χ4v) is 4.56. The molecule has 1 aliphatic heterocycles. The predicted molar refractivity (Wildman–Crippen MR) is 117 cm³/mol. The van der Waals surface area contributed by atoms with Gasteiger partial charge in [0, 0.05) is 18.0 Å². The molecular weight excluding hydrogens is 377 g/mol. The second-order valence-corrected chi connectivity index (χ2v) is 8.73. The molecule has 2 heterocycles. The maximum atomic E-state index is 14.0. The second-order valence-electron chi connectivity index (χ2n) is 7.31. The topological polar surface area (TPSA) is 18.5 Å². The zero-order chi connectivity index (χ0) is 19.1. The number of piperidine rings is 1. The summed E-state index contributed by atoms with van der Waals surface area (Å²) in [5.74, 6) is 0.517. The fraction of sp³-hybridized carbons (Fsp3) is 0.476. The summed E-state index contributed by atoms with van der Waals surface area (Å²) in [6, 6.07) is 10.9. The monoisotopic (exact) mass is 405 g/mol. The van der Waals surface area contributed by atoms with Crippen molar-refractivity contribution in [3.8, 4) is 0 Å². The van der Waals surface area contributed by atoms with Gasteiger partial charge in [-0.3, -0.25) is 0 Å². The summed E-state index contributed by atoms with van der Waals surface area (Å²) in [6.45, 7) is 7.45. The second kappa shape index (κ2) is 10.2. The maximum Gasteiger partial charge on any atom is 0.173 e. The number of thiocarbonyl (C=S) groups is 1. The number of halogens is 1. The van der Waals surface area contributed by atoms with E-state index >= 15 is 0 Å². The average molecular weight is 406 g/mol. The van der Waals surface area contributed by atoms with Crippen LogP contribution in [0.1, 0.15) is 31.1 Å². The van der Waals surface area contributed by atoms with Crippen molar-refractivity contribution in [3.05, 3.63) is 52.5 Å². The lowest BCUT2D eigenvalue weighted by molar-refractivity contribution is 0.177. The molecule has 146 valence electrons. The molecule has 2 aromatic rings. The van der Waals surface area contributed by atoms with Crippen LogP contribution < -0.4 is 5.32 Å². The van der Waals surface area contributed by atoms with E-state index < -0.39 is 0 Å². The van der Waals surface area contributed by atoms with Gasteiger partial charge in [-0.2, -0.15) is 0 Å². The van der Waals surface area contributed by atoms with Gasteiger partial charge < -0.3 is 15.1 Å². The summed E-state index contributed by atoms with van der Waals surface area (Å²) in [5, 5.41) is 5.75. The van der Waals surface area contributed by atoms with E-state index in [2.05, 4.69) is 39.6 Å². The minimum absolute atomic E-state index is 0.279. The van der Waals surface area contributed by atoms with Gasteiger partial charge in [-0.1, -0.05) is 25.1 Å². The van der Waals surface area contributed by atoms with E-state index in [1.807, 2.05) is 6.07 Å². The van der Waals surface area contributed by atoms with Crippen molar-refractivity contribution in [2.24, 2.45) is 5.92 Å². The fourth-order valence-electron chi connectivity index (χ4n) is 3.57. The molecule has 6 heteroatoms. The maximum absolute atomic E-state index is 14.0. The number of thiophene rings is 1. The van der Waals surface area contributed by atoms with E-state index in [9.17, 15) is 4.39 Å². The third kappa shape index (κ3) is 6.26. The SMILES string of the molecule is CC1CCCN(CCCN(Cc2cccs2)C(=S)Nc2ccccc2F)C1. The third-order valence-corrected chi connectivity index (χ3v) is 6.19. The van der Waals surface area contributed by atoms with E-state index in [0.717, 1.165) is 32.0 Å².